The summed E-state index contributed by atoms with van der Waals surface area (Å²) in [5.41, 5.74) is 0.559. The first-order valence-electron chi connectivity index (χ1n) is 11.1. The van der Waals surface area contributed by atoms with Crippen molar-refractivity contribution in [3.63, 3.8) is 0 Å². The number of nitrogens with one attached hydrogen (secondary N) is 1. The van der Waals surface area contributed by atoms with Crippen LogP contribution in [0.4, 0.5) is 0 Å². The molecule has 164 valence electrons. The number of amides is 3. The van der Waals surface area contributed by atoms with E-state index in [4.69, 9.17) is 0 Å². The van der Waals surface area contributed by atoms with Gasteiger partial charge in [0.2, 0.25) is 5.91 Å². The van der Waals surface area contributed by atoms with Crippen LogP contribution in [0.2, 0.25) is 0 Å². The Bertz CT molecular complexity index is 886. The Balaban J connectivity index is 1.45. The van der Waals surface area contributed by atoms with E-state index in [0.29, 0.717) is 31.5 Å². The minimum atomic E-state index is -0.551. The van der Waals surface area contributed by atoms with Gasteiger partial charge in [-0.2, -0.15) is 0 Å². The topological polar surface area (TPSA) is 69.7 Å². The molecule has 2 aliphatic rings. The highest BCUT2D eigenvalue weighted by atomic mass is 32.1. The summed E-state index contributed by atoms with van der Waals surface area (Å²) in [4.78, 5) is 43.5. The SMILES string of the molecule is O=C(NC(C(=O)N1CCCCC1)C1CCN(C(=O)c2cccs2)CC1)c1ccccc1. The van der Waals surface area contributed by atoms with E-state index in [1.165, 1.54) is 11.3 Å². The second kappa shape index (κ2) is 10.1. The van der Waals surface area contributed by atoms with Gasteiger partial charge in [-0.1, -0.05) is 24.3 Å². The van der Waals surface area contributed by atoms with Crippen LogP contribution in [0.5, 0.6) is 0 Å². The van der Waals surface area contributed by atoms with Crippen molar-refractivity contribution in [3.05, 3.63) is 58.3 Å². The van der Waals surface area contributed by atoms with Crippen molar-refractivity contribution in [2.24, 2.45) is 5.92 Å². The third-order valence-corrected chi connectivity index (χ3v) is 7.14. The van der Waals surface area contributed by atoms with Crippen LogP contribution in [0.15, 0.2) is 47.8 Å². The standard InChI is InChI=1S/C24H29N3O3S/c28-22(19-8-3-1-4-9-19)25-21(24(30)26-13-5-2-6-14-26)18-11-15-27(16-12-18)23(29)20-10-7-17-31-20/h1,3-4,7-10,17-18,21H,2,5-6,11-16H2,(H,25,28). The molecule has 2 aromatic rings. The molecule has 1 aromatic carbocycles. The van der Waals surface area contributed by atoms with Crippen LogP contribution in [0.3, 0.4) is 0 Å². The Kier molecular flexibility index (Phi) is 7.02. The zero-order chi connectivity index (χ0) is 21.6. The summed E-state index contributed by atoms with van der Waals surface area (Å²) in [6.07, 6.45) is 4.58. The van der Waals surface area contributed by atoms with Crippen LogP contribution in [0.25, 0.3) is 0 Å². The molecule has 1 N–H and O–H groups in total. The second-order valence-corrected chi connectivity index (χ2v) is 9.26. The van der Waals surface area contributed by atoms with Crippen molar-refractivity contribution >= 4 is 29.1 Å². The zero-order valence-corrected chi connectivity index (χ0v) is 18.5. The van der Waals surface area contributed by atoms with Crippen molar-refractivity contribution in [1.82, 2.24) is 15.1 Å². The summed E-state index contributed by atoms with van der Waals surface area (Å²) in [6.45, 7) is 2.72. The Hall–Kier alpha value is -2.67. The molecule has 3 amide bonds. The predicted molar refractivity (Wildman–Crippen MR) is 121 cm³/mol. The van der Waals surface area contributed by atoms with Crippen molar-refractivity contribution in [2.45, 2.75) is 38.1 Å². The normalized spacial score (nSPS) is 18.5. The highest BCUT2D eigenvalue weighted by molar-refractivity contribution is 7.12. The largest absolute Gasteiger partial charge is 0.341 e. The molecule has 0 aliphatic carbocycles. The number of thiophene rings is 1. The molecule has 31 heavy (non-hydrogen) atoms. The lowest BCUT2D eigenvalue weighted by molar-refractivity contribution is -0.136. The maximum absolute atomic E-state index is 13.4. The fourth-order valence-electron chi connectivity index (χ4n) is 4.50. The van der Waals surface area contributed by atoms with Gasteiger partial charge in [-0.15, -0.1) is 11.3 Å². The average Bonchev–Trinajstić information content (AvgIpc) is 3.38. The molecule has 1 atom stereocenters. The lowest BCUT2D eigenvalue weighted by Gasteiger charge is -2.38. The first kappa shape index (κ1) is 21.6. The zero-order valence-electron chi connectivity index (χ0n) is 17.7. The van der Waals surface area contributed by atoms with Gasteiger partial charge >= 0.3 is 0 Å². The summed E-state index contributed by atoms with van der Waals surface area (Å²) in [5.74, 6) is -0.116. The van der Waals surface area contributed by atoms with Crippen molar-refractivity contribution < 1.29 is 14.4 Å². The first-order chi connectivity index (χ1) is 15.1. The minimum Gasteiger partial charge on any atom is -0.341 e. The number of benzene rings is 1. The molecule has 1 unspecified atom stereocenters. The molecule has 1 aromatic heterocycles. The summed E-state index contributed by atoms with van der Waals surface area (Å²) < 4.78 is 0. The van der Waals surface area contributed by atoms with E-state index in [9.17, 15) is 14.4 Å². The Labute approximate surface area is 187 Å². The Morgan fingerprint density at radius 2 is 1.58 bits per heavy atom. The van der Waals surface area contributed by atoms with E-state index < -0.39 is 6.04 Å². The molecular formula is C24H29N3O3S. The lowest BCUT2D eigenvalue weighted by atomic mass is 9.87. The van der Waals surface area contributed by atoms with Crippen LogP contribution in [-0.4, -0.2) is 59.7 Å². The molecule has 0 saturated carbocycles. The van der Waals surface area contributed by atoms with Crippen molar-refractivity contribution in [1.29, 1.82) is 0 Å². The molecule has 0 spiro atoms. The number of carbonyl (C=O) groups is 3. The van der Waals surface area contributed by atoms with E-state index in [-0.39, 0.29) is 23.6 Å². The summed E-state index contributed by atoms with van der Waals surface area (Å²) in [6, 6.07) is 12.2. The lowest BCUT2D eigenvalue weighted by Crippen LogP contribution is -2.55. The maximum atomic E-state index is 13.4. The van der Waals surface area contributed by atoms with E-state index >= 15 is 0 Å². The van der Waals surface area contributed by atoms with Crippen LogP contribution in [0, 0.1) is 5.92 Å². The summed E-state index contributed by atoms with van der Waals surface area (Å²) in [7, 11) is 0. The quantitative estimate of drug-likeness (QED) is 0.776. The van der Waals surface area contributed by atoms with E-state index in [0.717, 1.165) is 37.2 Å². The monoisotopic (exact) mass is 439 g/mol. The number of hydrogen-bond donors (Lipinski definition) is 1. The number of piperidine rings is 2. The number of nitrogens with zero attached hydrogens (tertiary/aromatic N) is 2. The molecular weight excluding hydrogens is 410 g/mol. The first-order valence-corrected chi connectivity index (χ1v) is 12.0. The van der Waals surface area contributed by atoms with Crippen LogP contribution >= 0.6 is 11.3 Å². The van der Waals surface area contributed by atoms with Gasteiger partial charge in [-0.25, -0.2) is 0 Å². The summed E-state index contributed by atoms with van der Waals surface area (Å²) in [5, 5.41) is 4.95. The fraction of sp³-hybridized carbons (Fsp3) is 0.458. The molecule has 6 nitrogen and oxygen atoms in total. The van der Waals surface area contributed by atoms with E-state index in [2.05, 4.69) is 5.32 Å². The van der Waals surface area contributed by atoms with Gasteiger partial charge < -0.3 is 15.1 Å². The smallest absolute Gasteiger partial charge is 0.263 e. The number of carbonyl (C=O) groups excluding carboxylic acids is 3. The Morgan fingerprint density at radius 1 is 0.871 bits per heavy atom. The molecule has 7 heteroatoms. The van der Waals surface area contributed by atoms with E-state index in [1.54, 1.807) is 12.1 Å². The number of rotatable bonds is 5. The number of likely N-dealkylation sites (tertiary alicyclic amines) is 2. The van der Waals surface area contributed by atoms with Crippen LogP contribution in [-0.2, 0) is 4.79 Å². The van der Waals surface area contributed by atoms with Crippen LogP contribution in [0.1, 0.15) is 52.1 Å². The molecule has 0 radical (unpaired) electrons. The summed E-state index contributed by atoms with van der Waals surface area (Å²) >= 11 is 1.45. The van der Waals surface area contributed by atoms with Gasteiger partial charge in [-0.3, -0.25) is 14.4 Å². The molecule has 0 bridgehead atoms. The van der Waals surface area contributed by atoms with Crippen molar-refractivity contribution in [3.8, 4) is 0 Å². The molecule has 2 saturated heterocycles. The average molecular weight is 440 g/mol. The second-order valence-electron chi connectivity index (χ2n) is 8.31. The molecule has 4 rings (SSSR count). The van der Waals surface area contributed by atoms with Gasteiger partial charge in [0, 0.05) is 31.7 Å². The highest BCUT2D eigenvalue weighted by Crippen LogP contribution is 2.25. The fourth-order valence-corrected chi connectivity index (χ4v) is 5.19. The van der Waals surface area contributed by atoms with Crippen LogP contribution < -0.4 is 5.32 Å². The van der Waals surface area contributed by atoms with Gasteiger partial charge in [0.1, 0.15) is 6.04 Å². The molecule has 2 aliphatic heterocycles. The van der Waals surface area contributed by atoms with Gasteiger partial charge in [0.05, 0.1) is 4.88 Å². The minimum absolute atomic E-state index is 0.0204. The predicted octanol–water partition coefficient (Wildman–Crippen LogP) is 3.41. The van der Waals surface area contributed by atoms with Gasteiger partial charge in [0.15, 0.2) is 0 Å². The number of hydrogen-bond acceptors (Lipinski definition) is 4. The highest BCUT2D eigenvalue weighted by Gasteiger charge is 2.36. The molecule has 2 fully saturated rings. The third-order valence-electron chi connectivity index (χ3n) is 6.29. The van der Waals surface area contributed by atoms with Gasteiger partial charge in [-0.05, 0) is 61.6 Å². The van der Waals surface area contributed by atoms with Crippen molar-refractivity contribution in [2.75, 3.05) is 26.2 Å². The van der Waals surface area contributed by atoms with E-state index in [1.807, 2.05) is 45.5 Å². The maximum Gasteiger partial charge on any atom is 0.263 e. The molecule has 3 heterocycles. The van der Waals surface area contributed by atoms with Gasteiger partial charge in [0.25, 0.3) is 11.8 Å². The third kappa shape index (κ3) is 5.15. The Morgan fingerprint density at radius 3 is 2.23 bits per heavy atom.